The summed E-state index contributed by atoms with van der Waals surface area (Å²) < 4.78 is 1.87. The van der Waals surface area contributed by atoms with Crippen molar-refractivity contribution in [2.45, 2.75) is 26.7 Å². The van der Waals surface area contributed by atoms with Gasteiger partial charge in [0.15, 0.2) is 5.75 Å². The second kappa shape index (κ2) is 6.06. The zero-order chi connectivity index (χ0) is 15.5. The highest BCUT2D eigenvalue weighted by Gasteiger charge is 2.19. The van der Waals surface area contributed by atoms with Crippen molar-refractivity contribution < 1.29 is 5.11 Å². The highest BCUT2D eigenvalue weighted by molar-refractivity contribution is 5.70. The zero-order valence-corrected chi connectivity index (χ0v) is 13.0. The first-order chi connectivity index (χ1) is 10.7. The lowest BCUT2D eigenvalue weighted by Gasteiger charge is -2.10. The molecule has 0 aliphatic carbocycles. The molecule has 0 spiro atoms. The molecule has 0 aliphatic heterocycles. The third kappa shape index (κ3) is 2.50. The minimum Gasteiger partial charge on any atom is -0.504 e. The van der Waals surface area contributed by atoms with Crippen LogP contribution in [0.4, 0.5) is 0 Å². The molecule has 1 heterocycles. The van der Waals surface area contributed by atoms with Gasteiger partial charge in [-0.05, 0) is 25.0 Å². The smallest absolute Gasteiger partial charge is 0.165 e. The molecule has 3 heteroatoms. The number of hydrogen-bond acceptors (Lipinski definition) is 2. The van der Waals surface area contributed by atoms with Crippen LogP contribution in [0.5, 0.6) is 5.75 Å². The Bertz CT molecular complexity index is 775. The van der Waals surface area contributed by atoms with E-state index < -0.39 is 0 Å². The van der Waals surface area contributed by atoms with Gasteiger partial charge in [-0.1, -0.05) is 61.9 Å². The molecule has 0 fully saturated rings. The molecule has 22 heavy (non-hydrogen) atoms. The molecule has 0 saturated heterocycles. The molecule has 0 bridgehead atoms. The largest absolute Gasteiger partial charge is 0.504 e. The van der Waals surface area contributed by atoms with E-state index >= 15 is 0 Å². The Balaban J connectivity index is 2.25. The third-order valence-corrected chi connectivity index (χ3v) is 3.81. The summed E-state index contributed by atoms with van der Waals surface area (Å²) in [6.45, 7) is 4.15. The van der Waals surface area contributed by atoms with Crippen molar-refractivity contribution in [3.63, 3.8) is 0 Å². The molecule has 1 aromatic heterocycles. The molecule has 0 unspecified atom stereocenters. The van der Waals surface area contributed by atoms with Gasteiger partial charge in [-0.2, -0.15) is 5.10 Å². The second-order valence-electron chi connectivity index (χ2n) is 5.46. The highest BCUT2D eigenvalue weighted by atomic mass is 16.3. The molecule has 3 nitrogen and oxygen atoms in total. The summed E-state index contributed by atoms with van der Waals surface area (Å²) >= 11 is 0. The van der Waals surface area contributed by atoms with Gasteiger partial charge < -0.3 is 5.11 Å². The fraction of sp³-hybridized carbons (Fsp3) is 0.211. The molecule has 3 rings (SSSR count). The number of aromatic nitrogens is 2. The average molecular weight is 292 g/mol. The molecule has 0 atom stereocenters. The summed E-state index contributed by atoms with van der Waals surface area (Å²) in [5.74, 6) is 0.288. The van der Waals surface area contributed by atoms with Crippen LogP contribution in [-0.2, 0) is 6.42 Å². The van der Waals surface area contributed by atoms with Gasteiger partial charge in [-0.15, -0.1) is 0 Å². The van der Waals surface area contributed by atoms with Gasteiger partial charge in [0.2, 0.25) is 0 Å². The Morgan fingerprint density at radius 2 is 1.68 bits per heavy atom. The van der Waals surface area contributed by atoms with Crippen molar-refractivity contribution in [1.29, 1.82) is 0 Å². The molecular weight excluding hydrogens is 272 g/mol. The number of para-hydroxylation sites is 1. The van der Waals surface area contributed by atoms with Crippen molar-refractivity contribution in [3.8, 4) is 22.7 Å². The van der Waals surface area contributed by atoms with Crippen molar-refractivity contribution >= 4 is 0 Å². The summed E-state index contributed by atoms with van der Waals surface area (Å²) in [6.07, 6.45) is 1.72. The van der Waals surface area contributed by atoms with Crippen LogP contribution >= 0.6 is 0 Å². The monoisotopic (exact) mass is 292 g/mol. The summed E-state index contributed by atoms with van der Waals surface area (Å²) in [7, 11) is 0. The van der Waals surface area contributed by atoms with Crippen LogP contribution in [0.1, 0.15) is 24.6 Å². The fourth-order valence-corrected chi connectivity index (χ4v) is 2.69. The number of aromatic hydroxyl groups is 1. The highest BCUT2D eigenvalue weighted by Crippen LogP contribution is 2.35. The fourth-order valence-electron chi connectivity index (χ4n) is 2.69. The SMILES string of the molecule is CCCc1nn(-c2ccccc2C)c(-c2ccccc2)c1O. The van der Waals surface area contributed by atoms with E-state index in [1.807, 2.05) is 53.2 Å². The van der Waals surface area contributed by atoms with Crippen LogP contribution in [0.3, 0.4) is 0 Å². The second-order valence-corrected chi connectivity index (χ2v) is 5.46. The van der Waals surface area contributed by atoms with Crippen LogP contribution < -0.4 is 0 Å². The first-order valence-corrected chi connectivity index (χ1v) is 7.64. The van der Waals surface area contributed by atoms with Gasteiger partial charge in [-0.25, -0.2) is 4.68 Å². The normalized spacial score (nSPS) is 10.8. The summed E-state index contributed by atoms with van der Waals surface area (Å²) in [6, 6.07) is 18.0. The van der Waals surface area contributed by atoms with Crippen molar-refractivity contribution in [2.24, 2.45) is 0 Å². The van der Waals surface area contributed by atoms with Crippen molar-refractivity contribution in [3.05, 3.63) is 65.9 Å². The maximum Gasteiger partial charge on any atom is 0.165 e. The molecular formula is C19H20N2O. The van der Waals surface area contributed by atoms with Gasteiger partial charge in [-0.3, -0.25) is 0 Å². The van der Waals surface area contributed by atoms with Crippen LogP contribution in [0, 0.1) is 6.92 Å². The van der Waals surface area contributed by atoms with E-state index in [1.165, 1.54) is 0 Å². The van der Waals surface area contributed by atoms with Gasteiger partial charge in [0.1, 0.15) is 11.4 Å². The number of nitrogens with zero attached hydrogens (tertiary/aromatic N) is 2. The lowest BCUT2D eigenvalue weighted by Crippen LogP contribution is -2.01. The Morgan fingerprint density at radius 3 is 2.36 bits per heavy atom. The maximum atomic E-state index is 10.7. The van der Waals surface area contributed by atoms with E-state index in [2.05, 4.69) is 25.0 Å². The Morgan fingerprint density at radius 1 is 1.00 bits per heavy atom. The number of aryl methyl sites for hydroxylation is 2. The quantitative estimate of drug-likeness (QED) is 0.768. The Labute approximate surface area is 130 Å². The predicted octanol–water partition coefficient (Wildman–Crippen LogP) is 4.51. The summed E-state index contributed by atoms with van der Waals surface area (Å²) in [5.41, 5.74) is 4.62. The molecule has 1 N–H and O–H groups in total. The van der Waals surface area contributed by atoms with E-state index in [0.717, 1.165) is 41.0 Å². The van der Waals surface area contributed by atoms with E-state index in [1.54, 1.807) is 0 Å². The summed E-state index contributed by atoms with van der Waals surface area (Å²) in [4.78, 5) is 0. The molecule has 0 aliphatic rings. The lowest BCUT2D eigenvalue weighted by atomic mass is 10.1. The molecule has 0 radical (unpaired) electrons. The minimum absolute atomic E-state index is 0.288. The molecule has 3 aromatic rings. The van der Waals surface area contributed by atoms with Gasteiger partial charge >= 0.3 is 0 Å². The van der Waals surface area contributed by atoms with Crippen molar-refractivity contribution in [2.75, 3.05) is 0 Å². The van der Waals surface area contributed by atoms with Crippen LogP contribution in [0.15, 0.2) is 54.6 Å². The first kappa shape index (κ1) is 14.4. The van der Waals surface area contributed by atoms with Crippen LogP contribution in [0.2, 0.25) is 0 Å². The zero-order valence-electron chi connectivity index (χ0n) is 13.0. The van der Waals surface area contributed by atoms with Gasteiger partial charge in [0.25, 0.3) is 0 Å². The minimum atomic E-state index is 0.288. The molecule has 112 valence electrons. The van der Waals surface area contributed by atoms with E-state index in [4.69, 9.17) is 0 Å². The average Bonchev–Trinajstić information content (AvgIpc) is 2.86. The third-order valence-electron chi connectivity index (χ3n) is 3.81. The van der Waals surface area contributed by atoms with Crippen LogP contribution in [0.25, 0.3) is 16.9 Å². The summed E-state index contributed by atoms with van der Waals surface area (Å²) in [5, 5.41) is 15.3. The van der Waals surface area contributed by atoms with E-state index in [9.17, 15) is 5.11 Å². The predicted molar refractivity (Wildman–Crippen MR) is 89.4 cm³/mol. The van der Waals surface area contributed by atoms with Gasteiger partial charge in [0.05, 0.1) is 5.69 Å². The van der Waals surface area contributed by atoms with E-state index in [-0.39, 0.29) is 5.75 Å². The number of benzene rings is 2. The van der Waals surface area contributed by atoms with Crippen molar-refractivity contribution in [1.82, 2.24) is 9.78 Å². The van der Waals surface area contributed by atoms with E-state index in [0.29, 0.717) is 0 Å². The lowest BCUT2D eigenvalue weighted by molar-refractivity contribution is 0.469. The maximum absolute atomic E-state index is 10.7. The first-order valence-electron chi connectivity index (χ1n) is 7.64. The number of hydrogen-bond donors (Lipinski definition) is 1. The number of rotatable bonds is 4. The topological polar surface area (TPSA) is 38.0 Å². The Hall–Kier alpha value is -2.55. The Kier molecular flexibility index (Phi) is 3.96. The molecule has 2 aromatic carbocycles. The van der Waals surface area contributed by atoms with Crippen LogP contribution in [-0.4, -0.2) is 14.9 Å². The molecule has 0 saturated carbocycles. The standard InChI is InChI=1S/C19H20N2O/c1-3-9-16-19(22)18(15-11-5-4-6-12-15)21(20-16)17-13-8-7-10-14(17)2/h4-8,10-13,22H,3,9H2,1-2H3. The van der Waals surface area contributed by atoms with Gasteiger partial charge in [0, 0.05) is 5.56 Å². The molecule has 0 amide bonds.